The number of nitrogens with zero attached hydrogens (tertiary/aromatic N) is 2. The monoisotopic (exact) mass is 483 g/mol. The molecule has 3 aromatic carbocycles. The molecular formula is C28H25N3O3S. The number of thioether (sulfide) groups is 1. The van der Waals surface area contributed by atoms with Crippen LogP contribution in [0.4, 0.5) is 11.4 Å². The van der Waals surface area contributed by atoms with Crippen LogP contribution < -0.4 is 15.0 Å². The second-order valence-corrected chi connectivity index (χ2v) is 9.47. The Hall–Kier alpha value is -4.02. The summed E-state index contributed by atoms with van der Waals surface area (Å²) < 4.78 is 5.22. The molecular weight excluding hydrogens is 458 g/mol. The molecule has 3 aromatic rings. The maximum Gasteiger partial charge on any atom is 0.269 e. The third-order valence-corrected chi connectivity index (χ3v) is 6.95. The van der Waals surface area contributed by atoms with E-state index in [-0.39, 0.29) is 11.5 Å². The maximum atomic E-state index is 13.6. The molecule has 1 fully saturated rings. The minimum Gasteiger partial charge on any atom is -0.497 e. The van der Waals surface area contributed by atoms with Gasteiger partial charge in [0.15, 0.2) is 0 Å². The van der Waals surface area contributed by atoms with Gasteiger partial charge in [-0.15, -0.1) is 0 Å². The van der Waals surface area contributed by atoms with Crippen molar-refractivity contribution in [3.63, 3.8) is 0 Å². The molecule has 1 aliphatic rings. The van der Waals surface area contributed by atoms with E-state index in [1.165, 1.54) is 16.7 Å². The highest BCUT2D eigenvalue weighted by Crippen LogP contribution is 2.42. The average Bonchev–Trinajstić information content (AvgIpc) is 3.17. The van der Waals surface area contributed by atoms with E-state index in [2.05, 4.69) is 5.32 Å². The van der Waals surface area contributed by atoms with Crippen molar-refractivity contribution in [1.82, 2.24) is 0 Å². The lowest BCUT2D eigenvalue weighted by Crippen LogP contribution is -2.30. The third-order valence-electron chi connectivity index (χ3n) is 5.69. The van der Waals surface area contributed by atoms with Crippen LogP contribution in [0, 0.1) is 25.2 Å². The molecule has 0 spiro atoms. The predicted molar refractivity (Wildman–Crippen MR) is 139 cm³/mol. The van der Waals surface area contributed by atoms with Gasteiger partial charge in [0, 0.05) is 11.4 Å². The summed E-state index contributed by atoms with van der Waals surface area (Å²) in [5.74, 6) is 0.0231. The van der Waals surface area contributed by atoms with Crippen molar-refractivity contribution in [2.45, 2.75) is 25.5 Å². The quantitative estimate of drug-likeness (QED) is 0.376. The normalized spacial score (nSPS) is 16.6. The zero-order chi connectivity index (χ0) is 24.9. The lowest BCUT2D eigenvalue weighted by Gasteiger charge is -2.19. The van der Waals surface area contributed by atoms with Crippen molar-refractivity contribution in [3.8, 4) is 11.8 Å². The summed E-state index contributed by atoms with van der Waals surface area (Å²) in [7, 11) is 1.60. The third kappa shape index (κ3) is 5.39. The Morgan fingerprint density at radius 1 is 1.00 bits per heavy atom. The molecule has 176 valence electrons. The summed E-state index contributed by atoms with van der Waals surface area (Å²) in [4.78, 5) is 28.2. The van der Waals surface area contributed by atoms with Gasteiger partial charge >= 0.3 is 0 Å². The highest BCUT2D eigenvalue weighted by Gasteiger charge is 2.40. The van der Waals surface area contributed by atoms with Crippen LogP contribution in [-0.4, -0.2) is 24.2 Å². The van der Waals surface area contributed by atoms with Crippen LogP contribution >= 0.6 is 11.8 Å². The Bertz CT molecular complexity index is 1310. The van der Waals surface area contributed by atoms with Crippen LogP contribution in [0.15, 0.2) is 83.4 Å². The number of hydrogen-bond donors (Lipinski definition) is 1. The molecule has 1 saturated heterocycles. The Kier molecular flexibility index (Phi) is 7.23. The molecule has 2 amide bonds. The number of carbonyl (C=O) groups is 2. The molecule has 0 aliphatic carbocycles. The lowest BCUT2D eigenvalue weighted by molar-refractivity contribution is -0.117. The van der Waals surface area contributed by atoms with E-state index in [1.54, 1.807) is 19.2 Å². The van der Waals surface area contributed by atoms with Crippen LogP contribution in [-0.2, 0) is 16.0 Å². The summed E-state index contributed by atoms with van der Waals surface area (Å²) in [6, 6.07) is 24.4. The summed E-state index contributed by atoms with van der Waals surface area (Å²) in [6.07, 6.45) is 0.456. The van der Waals surface area contributed by atoms with E-state index >= 15 is 0 Å². The van der Waals surface area contributed by atoms with Crippen LogP contribution in [0.2, 0.25) is 0 Å². The molecule has 0 radical (unpaired) electrons. The first kappa shape index (κ1) is 24.1. The highest BCUT2D eigenvalue weighted by molar-refractivity contribution is 8.05. The van der Waals surface area contributed by atoms with Gasteiger partial charge in [0.1, 0.15) is 22.4 Å². The fourth-order valence-corrected chi connectivity index (χ4v) is 5.03. The van der Waals surface area contributed by atoms with Crippen molar-refractivity contribution in [1.29, 1.82) is 5.26 Å². The second kappa shape index (κ2) is 10.5. The van der Waals surface area contributed by atoms with Gasteiger partial charge in [0.2, 0.25) is 5.91 Å². The first-order valence-corrected chi connectivity index (χ1v) is 12.0. The van der Waals surface area contributed by atoms with E-state index in [4.69, 9.17) is 4.74 Å². The molecule has 1 heterocycles. The van der Waals surface area contributed by atoms with Crippen molar-refractivity contribution < 1.29 is 14.3 Å². The van der Waals surface area contributed by atoms with Crippen LogP contribution in [0.1, 0.15) is 16.7 Å². The first-order valence-electron chi connectivity index (χ1n) is 11.1. The van der Waals surface area contributed by atoms with Gasteiger partial charge in [0.25, 0.3) is 5.91 Å². The number of aryl methyl sites for hydroxylation is 2. The summed E-state index contributed by atoms with van der Waals surface area (Å²) in [6.45, 7) is 3.92. The maximum absolute atomic E-state index is 13.6. The number of rotatable bonds is 6. The minimum absolute atomic E-state index is 0.0956. The smallest absolute Gasteiger partial charge is 0.269 e. The van der Waals surface area contributed by atoms with Gasteiger partial charge in [-0.3, -0.25) is 14.5 Å². The SMILES string of the molecule is COc1ccc(C[C@@H]2S/C(=C(\C#N)C(=O)Nc3ccc(C)cc3)N(c3ccc(C)cc3)C2=O)cc1. The molecule has 35 heavy (non-hydrogen) atoms. The Balaban J connectivity index is 1.69. The van der Waals surface area contributed by atoms with Crippen molar-refractivity contribution in [2.24, 2.45) is 0 Å². The van der Waals surface area contributed by atoms with E-state index < -0.39 is 11.2 Å². The van der Waals surface area contributed by atoms with Crippen molar-refractivity contribution in [3.05, 3.63) is 100 Å². The van der Waals surface area contributed by atoms with Gasteiger partial charge in [-0.1, -0.05) is 59.3 Å². The minimum atomic E-state index is -0.547. The number of hydrogen-bond acceptors (Lipinski definition) is 5. The number of ether oxygens (including phenoxy) is 1. The van der Waals surface area contributed by atoms with Gasteiger partial charge in [-0.25, -0.2) is 0 Å². The highest BCUT2D eigenvalue weighted by atomic mass is 32.2. The fourth-order valence-electron chi connectivity index (χ4n) is 3.72. The average molecular weight is 484 g/mol. The number of carbonyl (C=O) groups excluding carboxylic acids is 2. The Morgan fingerprint density at radius 3 is 2.17 bits per heavy atom. The summed E-state index contributed by atoms with van der Waals surface area (Å²) in [5, 5.41) is 12.6. The van der Waals surface area contributed by atoms with E-state index in [1.807, 2.05) is 80.6 Å². The zero-order valence-corrected chi connectivity index (χ0v) is 20.6. The largest absolute Gasteiger partial charge is 0.497 e. The number of benzene rings is 3. The van der Waals surface area contributed by atoms with Crippen LogP contribution in [0.25, 0.3) is 0 Å². The summed E-state index contributed by atoms with van der Waals surface area (Å²) in [5.41, 5.74) is 4.18. The topological polar surface area (TPSA) is 82.4 Å². The van der Waals surface area contributed by atoms with E-state index in [0.29, 0.717) is 22.8 Å². The fraction of sp³-hybridized carbons (Fsp3) is 0.179. The molecule has 1 aliphatic heterocycles. The Labute approximate surface area is 209 Å². The van der Waals surface area contributed by atoms with E-state index in [9.17, 15) is 14.9 Å². The van der Waals surface area contributed by atoms with Crippen LogP contribution in [0.5, 0.6) is 5.75 Å². The molecule has 1 N–H and O–H groups in total. The number of anilines is 2. The first-order chi connectivity index (χ1) is 16.9. The molecule has 0 aromatic heterocycles. The number of nitrogens with one attached hydrogen (secondary N) is 1. The molecule has 0 bridgehead atoms. The zero-order valence-electron chi connectivity index (χ0n) is 19.7. The molecule has 0 unspecified atom stereocenters. The van der Waals surface area contributed by atoms with Gasteiger partial charge in [-0.05, 0) is 62.2 Å². The number of amides is 2. The molecule has 7 heteroatoms. The standard InChI is InChI=1S/C28H25N3O3S/c1-18-4-10-21(11-5-18)30-26(32)24(17-29)28-31(22-12-6-19(2)7-13-22)27(33)25(35-28)16-20-8-14-23(34-3)15-9-20/h4-15,25H,16H2,1-3H3,(H,30,32)/b28-24+/t25-/m0/s1. The van der Waals surface area contributed by atoms with E-state index in [0.717, 1.165) is 22.4 Å². The number of methoxy groups -OCH3 is 1. The van der Waals surface area contributed by atoms with Gasteiger partial charge < -0.3 is 10.1 Å². The molecule has 4 rings (SSSR count). The molecule has 6 nitrogen and oxygen atoms in total. The van der Waals surface area contributed by atoms with Crippen LogP contribution in [0.3, 0.4) is 0 Å². The summed E-state index contributed by atoms with van der Waals surface area (Å²) >= 11 is 1.25. The Morgan fingerprint density at radius 2 is 1.60 bits per heavy atom. The number of nitriles is 1. The molecule has 1 atom stereocenters. The lowest BCUT2D eigenvalue weighted by atomic mass is 10.1. The van der Waals surface area contributed by atoms with Crippen molar-refractivity contribution >= 4 is 35.0 Å². The molecule has 0 saturated carbocycles. The predicted octanol–water partition coefficient (Wildman–Crippen LogP) is 5.38. The van der Waals surface area contributed by atoms with Gasteiger partial charge in [-0.2, -0.15) is 5.26 Å². The van der Waals surface area contributed by atoms with Gasteiger partial charge in [0.05, 0.1) is 12.4 Å². The van der Waals surface area contributed by atoms with Crippen molar-refractivity contribution in [2.75, 3.05) is 17.3 Å². The second-order valence-electron chi connectivity index (χ2n) is 8.28.